The van der Waals surface area contributed by atoms with Gasteiger partial charge in [-0.3, -0.25) is 4.79 Å². The highest BCUT2D eigenvalue weighted by molar-refractivity contribution is 7.98. The highest BCUT2D eigenvalue weighted by Crippen LogP contribution is 2.34. The Kier molecular flexibility index (Phi) is 6.31. The molecule has 0 aliphatic rings. The molecule has 0 aliphatic heterocycles. The number of hydrogen-bond acceptors (Lipinski definition) is 2. The fourth-order valence-electron chi connectivity index (χ4n) is 2.48. The lowest BCUT2D eigenvalue weighted by Gasteiger charge is -2.13. The molecule has 0 atom stereocenters. The molecule has 3 aromatic rings. The molecule has 0 spiro atoms. The van der Waals surface area contributed by atoms with Gasteiger partial charge in [-0.05, 0) is 54.1 Å². The van der Waals surface area contributed by atoms with Gasteiger partial charge in [0.15, 0.2) is 0 Å². The molecule has 0 unspecified atom stereocenters. The van der Waals surface area contributed by atoms with E-state index in [0.29, 0.717) is 10.8 Å². The SMILES string of the molecule is O=C(Nc1ccccc1C(F)(F)F)c1ccc(CSc2ccc(Cl)cc2)cc1. The third-order valence-electron chi connectivity index (χ3n) is 3.92. The predicted octanol–water partition coefficient (Wildman–Crippen LogP) is 6.90. The molecule has 144 valence electrons. The van der Waals surface area contributed by atoms with Crippen molar-refractivity contribution in [3.63, 3.8) is 0 Å². The van der Waals surface area contributed by atoms with Crippen molar-refractivity contribution in [2.45, 2.75) is 16.8 Å². The van der Waals surface area contributed by atoms with Crippen LogP contribution in [0.5, 0.6) is 0 Å². The number of thioether (sulfide) groups is 1. The normalized spacial score (nSPS) is 11.3. The third kappa shape index (κ3) is 5.30. The number of hydrogen-bond donors (Lipinski definition) is 1. The zero-order valence-corrected chi connectivity index (χ0v) is 16.0. The van der Waals surface area contributed by atoms with E-state index in [2.05, 4.69) is 5.32 Å². The van der Waals surface area contributed by atoms with Crippen molar-refractivity contribution in [2.24, 2.45) is 0 Å². The number of nitrogens with one attached hydrogen (secondary N) is 1. The minimum atomic E-state index is -4.54. The van der Waals surface area contributed by atoms with Gasteiger partial charge in [-0.2, -0.15) is 13.2 Å². The van der Waals surface area contributed by atoms with Crippen molar-refractivity contribution in [1.82, 2.24) is 0 Å². The highest BCUT2D eigenvalue weighted by Gasteiger charge is 2.33. The number of halogens is 4. The maximum absolute atomic E-state index is 13.0. The summed E-state index contributed by atoms with van der Waals surface area (Å²) in [4.78, 5) is 13.4. The Hall–Kier alpha value is -2.44. The molecule has 0 saturated carbocycles. The molecule has 0 heterocycles. The molecular formula is C21H15ClF3NOS. The number of alkyl halides is 3. The summed E-state index contributed by atoms with van der Waals surface area (Å²) in [6.07, 6.45) is -4.54. The Balaban J connectivity index is 1.65. The van der Waals surface area contributed by atoms with Gasteiger partial charge < -0.3 is 5.32 Å². The first-order valence-electron chi connectivity index (χ1n) is 8.28. The van der Waals surface area contributed by atoms with Gasteiger partial charge in [-0.15, -0.1) is 11.8 Å². The molecule has 0 aromatic heterocycles. The largest absolute Gasteiger partial charge is 0.418 e. The molecule has 2 nitrogen and oxygen atoms in total. The van der Waals surface area contributed by atoms with E-state index in [9.17, 15) is 18.0 Å². The third-order valence-corrected chi connectivity index (χ3v) is 5.25. The summed E-state index contributed by atoms with van der Waals surface area (Å²) in [5, 5.41) is 3.01. The van der Waals surface area contributed by atoms with Gasteiger partial charge in [0.2, 0.25) is 0 Å². The fourth-order valence-corrected chi connectivity index (χ4v) is 3.46. The van der Waals surface area contributed by atoms with E-state index < -0.39 is 17.6 Å². The van der Waals surface area contributed by atoms with Crippen molar-refractivity contribution in [3.8, 4) is 0 Å². The topological polar surface area (TPSA) is 29.1 Å². The van der Waals surface area contributed by atoms with Crippen LogP contribution in [0.4, 0.5) is 18.9 Å². The Labute approximate surface area is 169 Å². The summed E-state index contributed by atoms with van der Waals surface area (Å²) < 4.78 is 39.1. The van der Waals surface area contributed by atoms with Gasteiger partial charge in [-0.25, -0.2) is 0 Å². The average molecular weight is 422 g/mol. The summed E-state index contributed by atoms with van der Waals surface area (Å²) in [6.45, 7) is 0. The molecule has 1 amide bonds. The molecule has 7 heteroatoms. The summed E-state index contributed by atoms with van der Waals surface area (Å²) in [7, 11) is 0. The van der Waals surface area contributed by atoms with Crippen molar-refractivity contribution >= 4 is 35.0 Å². The smallest absolute Gasteiger partial charge is 0.321 e. The van der Waals surface area contributed by atoms with E-state index >= 15 is 0 Å². The maximum Gasteiger partial charge on any atom is 0.418 e. The molecule has 3 aromatic carbocycles. The van der Waals surface area contributed by atoms with E-state index in [1.54, 1.807) is 36.0 Å². The lowest BCUT2D eigenvalue weighted by Crippen LogP contribution is -2.16. The van der Waals surface area contributed by atoms with Crippen LogP contribution in [0.25, 0.3) is 0 Å². The first kappa shape index (κ1) is 20.3. The number of amides is 1. The molecule has 0 radical (unpaired) electrons. The second-order valence-corrected chi connectivity index (χ2v) is 7.42. The first-order chi connectivity index (χ1) is 13.3. The van der Waals surface area contributed by atoms with Gasteiger partial charge in [0.05, 0.1) is 11.3 Å². The van der Waals surface area contributed by atoms with E-state index in [4.69, 9.17) is 11.6 Å². The van der Waals surface area contributed by atoms with E-state index in [0.717, 1.165) is 16.5 Å². The van der Waals surface area contributed by atoms with Crippen molar-refractivity contribution in [1.29, 1.82) is 0 Å². The Bertz CT molecular complexity index is 957. The number of rotatable bonds is 5. The van der Waals surface area contributed by atoms with Gasteiger partial charge in [0, 0.05) is 21.2 Å². The second-order valence-electron chi connectivity index (χ2n) is 5.94. The minimum absolute atomic E-state index is 0.262. The van der Waals surface area contributed by atoms with Crippen LogP contribution in [-0.2, 0) is 11.9 Å². The Morgan fingerprint density at radius 3 is 2.21 bits per heavy atom. The molecule has 28 heavy (non-hydrogen) atoms. The van der Waals surface area contributed by atoms with Crippen LogP contribution in [0.3, 0.4) is 0 Å². The van der Waals surface area contributed by atoms with Crippen molar-refractivity contribution in [2.75, 3.05) is 5.32 Å². The molecule has 1 N–H and O–H groups in total. The Morgan fingerprint density at radius 2 is 1.57 bits per heavy atom. The van der Waals surface area contributed by atoms with Crippen LogP contribution in [-0.4, -0.2) is 5.91 Å². The molecule has 0 saturated heterocycles. The molecule has 0 bridgehead atoms. The van der Waals surface area contributed by atoms with Gasteiger partial charge in [-0.1, -0.05) is 35.9 Å². The van der Waals surface area contributed by atoms with Crippen LogP contribution in [0.2, 0.25) is 5.02 Å². The van der Waals surface area contributed by atoms with Gasteiger partial charge >= 0.3 is 6.18 Å². The van der Waals surface area contributed by atoms with Crippen LogP contribution in [0.15, 0.2) is 77.7 Å². The Morgan fingerprint density at radius 1 is 0.929 bits per heavy atom. The molecular weight excluding hydrogens is 407 g/mol. The number of carbonyl (C=O) groups excluding carboxylic acids is 1. The molecule has 0 aliphatic carbocycles. The minimum Gasteiger partial charge on any atom is -0.321 e. The van der Waals surface area contributed by atoms with Gasteiger partial charge in [0.1, 0.15) is 0 Å². The fraction of sp³-hybridized carbons (Fsp3) is 0.0952. The molecule has 0 fully saturated rings. The zero-order chi connectivity index (χ0) is 20.1. The lowest BCUT2D eigenvalue weighted by molar-refractivity contribution is -0.136. The summed E-state index contributed by atoms with van der Waals surface area (Å²) in [5.41, 5.74) is 0.145. The number of carbonyl (C=O) groups is 1. The standard InChI is InChI=1S/C21H15ClF3NOS/c22-16-9-11-17(12-10-16)28-13-14-5-7-15(8-6-14)20(27)26-19-4-2-1-3-18(19)21(23,24)25/h1-12H,13H2,(H,26,27). The summed E-state index contributed by atoms with van der Waals surface area (Å²) in [6, 6.07) is 19.2. The number of para-hydroxylation sites is 1. The molecule has 3 rings (SSSR count). The quantitative estimate of drug-likeness (QED) is 0.454. The van der Waals surface area contributed by atoms with Crippen LogP contribution < -0.4 is 5.32 Å². The van der Waals surface area contributed by atoms with Crippen molar-refractivity contribution in [3.05, 3.63) is 94.5 Å². The second kappa shape index (κ2) is 8.71. The summed E-state index contributed by atoms with van der Waals surface area (Å²) >= 11 is 7.48. The lowest BCUT2D eigenvalue weighted by atomic mass is 10.1. The predicted molar refractivity (Wildman–Crippen MR) is 107 cm³/mol. The van der Waals surface area contributed by atoms with Crippen LogP contribution in [0.1, 0.15) is 21.5 Å². The van der Waals surface area contributed by atoms with Crippen LogP contribution in [0, 0.1) is 0 Å². The first-order valence-corrected chi connectivity index (χ1v) is 9.64. The zero-order valence-electron chi connectivity index (χ0n) is 14.5. The van der Waals surface area contributed by atoms with Crippen molar-refractivity contribution < 1.29 is 18.0 Å². The van der Waals surface area contributed by atoms with E-state index in [1.165, 1.54) is 18.2 Å². The number of benzene rings is 3. The average Bonchev–Trinajstić information content (AvgIpc) is 2.67. The van der Waals surface area contributed by atoms with E-state index in [-0.39, 0.29) is 11.3 Å². The number of anilines is 1. The van der Waals surface area contributed by atoms with E-state index in [1.807, 2.05) is 24.3 Å². The monoisotopic (exact) mass is 421 g/mol. The van der Waals surface area contributed by atoms with Gasteiger partial charge in [0.25, 0.3) is 5.91 Å². The summed E-state index contributed by atoms with van der Waals surface area (Å²) in [5.74, 6) is 0.106. The maximum atomic E-state index is 13.0. The highest BCUT2D eigenvalue weighted by atomic mass is 35.5. The van der Waals surface area contributed by atoms with Crippen LogP contribution >= 0.6 is 23.4 Å².